The molecule has 0 spiro atoms. The molecular formula is C50H56N8O6. The maximum absolute atomic E-state index is 12.5. The highest BCUT2D eigenvalue weighted by Crippen LogP contribution is 2.24. The Morgan fingerprint density at radius 2 is 1.08 bits per heavy atom. The molecule has 0 bridgehead atoms. The van der Waals surface area contributed by atoms with Gasteiger partial charge >= 0.3 is 18.2 Å². The Morgan fingerprint density at radius 1 is 0.609 bits per heavy atom. The van der Waals surface area contributed by atoms with Crippen molar-refractivity contribution in [2.45, 2.75) is 77.7 Å². The number of ether oxygens (including phenoxy) is 2. The van der Waals surface area contributed by atoms with Gasteiger partial charge in [0.25, 0.3) is 0 Å². The van der Waals surface area contributed by atoms with E-state index in [-0.39, 0.29) is 12.5 Å². The van der Waals surface area contributed by atoms with Crippen LogP contribution in [0.2, 0.25) is 0 Å². The van der Waals surface area contributed by atoms with Crippen molar-refractivity contribution >= 4 is 40.6 Å². The quantitative estimate of drug-likeness (QED) is 0.0760. The van der Waals surface area contributed by atoms with Gasteiger partial charge in [-0.25, -0.2) is 19.4 Å². The number of hydrogen-bond donors (Lipinski definition) is 6. The lowest BCUT2D eigenvalue weighted by atomic mass is 10.0. The van der Waals surface area contributed by atoms with Crippen LogP contribution in [0.1, 0.15) is 64.5 Å². The molecule has 0 aliphatic carbocycles. The average Bonchev–Trinajstić information content (AvgIpc) is 3.69. The first-order valence-corrected chi connectivity index (χ1v) is 20.7. The molecule has 0 aliphatic rings. The first-order valence-electron chi connectivity index (χ1n) is 20.7. The van der Waals surface area contributed by atoms with Crippen LogP contribution >= 0.6 is 0 Å². The van der Waals surface area contributed by atoms with E-state index in [1.165, 1.54) is 11.8 Å². The van der Waals surface area contributed by atoms with Gasteiger partial charge in [-0.1, -0.05) is 109 Å². The predicted molar refractivity (Wildman–Crippen MR) is 251 cm³/mol. The Bertz CT molecular complexity index is 2520. The lowest BCUT2D eigenvalue weighted by Crippen LogP contribution is -2.44. The van der Waals surface area contributed by atoms with Gasteiger partial charge in [0, 0.05) is 25.2 Å². The molecule has 14 nitrogen and oxygen atoms in total. The molecule has 14 heteroatoms. The minimum Gasteiger partial charge on any atom is -0.480 e. The van der Waals surface area contributed by atoms with Crippen molar-refractivity contribution in [3.8, 4) is 22.3 Å². The van der Waals surface area contributed by atoms with Crippen molar-refractivity contribution in [2.24, 2.45) is 0 Å². The Hall–Kier alpha value is -7.74. The number of fused-ring (bicyclic) bond motifs is 1. The number of carbonyl (C=O) groups is 3. The molecule has 7 rings (SSSR count). The smallest absolute Gasteiger partial charge is 0.408 e. The molecule has 3 aromatic heterocycles. The van der Waals surface area contributed by atoms with Crippen molar-refractivity contribution in [3.05, 3.63) is 163 Å². The maximum atomic E-state index is 12.5. The predicted octanol–water partition coefficient (Wildman–Crippen LogP) is 9.55. The zero-order valence-electron chi connectivity index (χ0n) is 36.9. The highest BCUT2D eigenvalue weighted by atomic mass is 16.6. The van der Waals surface area contributed by atoms with Crippen LogP contribution in [0.25, 0.3) is 33.3 Å². The number of H-pyrrole nitrogens is 1. The number of carboxylic acids is 1. The van der Waals surface area contributed by atoms with E-state index in [0.717, 1.165) is 38.9 Å². The lowest BCUT2D eigenvalue weighted by Gasteiger charge is -2.23. The zero-order valence-corrected chi connectivity index (χ0v) is 36.9. The summed E-state index contributed by atoms with van der Waals surface area (Å²) >= 11 is 0. The molecule has 2 amide bonds. The van der Waals surface area contributed by atoms with Crippen molar-refractivity contribution in [3.63, 3.8) is 0 Å². The summed E-state index contributed by atoms with van der Waals surface area (Å²) in [5, 5.41) is 14.7. The normalized spacial score (nSPS) is 12.0. The first-order chi connectivity index (χ1) is 30.4. The summed E-state index contributed by atoms with van der Waals surface area (Å²) in [6, 6.07) is 38.2. The Kier molecular flexibility index (Phi) is 16.2. The third-order valence-electron chi connectivity index (χ3n) is 9.20. The molecule has 0 saturated carbocycles. The number of aliphatic carboxylic acids is 1. The number of nitrogens with zero attached hydrogens (tertiary/aromatic N) is 3. The Morgan fingerprint density at radius 3 is 1.53 bits per heavy atom. The zero-order chi connectivity index (χ0) is 46.3. The molecule has 0 fully saturated rings. The van der Waals surface area contributed by atoms with Crippen LogP contribution in [-0.2, 0) is 27.1 Å². The molecular weight excluding hydrogens is 809 g/mol. The second-order valence-corrected chi connectivity index (χ2v) is 16.8. The van der Waals surface area contributed by atoms with Crippen molar-refractivity contribution in [1.82, 2.24) is 30.6 Å². The molecule has 2 atom stereocenters. The Balaban J connectivity index is 0.000000209. The number of aromatic amines is 1. The van der Waals surface area contributed by atoms with Crippen molar-refractivity contribution in [2.75, 3.05) is 11.5 Å². The lowest BCUT2D eigenvalue weighted by molar-refractivity contribution is -0.139. The third kappa shape index (κ3) is 15.3. The fourth-order valence-corrected chi connectivity index (χ4v) is 6.17. The molecule has 4 aromatic carbocycles. The molecule has 3 heterocycles. The number of pyridine rings is 2. The number of imidazole rings is 1. The van der Waals surface area contributed by atoms with Gasteiger partial charge in [0.1, 0.15) is 23.1 Å². The molecule has 64 heavy (non-hydrogen) atoms. The van der Waals surface area contributed by atoms with Crippen LogP contribution in [-0.4, -0.2) is 60.4 Å². The molecule has 0 radical (unpaired) electrons. The molecule has 0 unspecified atom stereocenters. The van der Waals surface area contributed by atoms with Crippen LogP contribution < -0.4 is 22.1 Å². The molecule has 0 aliphatic heterocycles. The fraction of sp³-hybridized carbons (Fsp3) is 0.240. The van der Waals surface area contributed by atoms with E-state index in [1.54, 1.807) is 45.4 Å². The van der Waals surface area contributed by atoms with E-state index in [9.17, 15) is 19.5 Å². The van der Waals surface area contributed by atoms with Crippen molar-refractivity contribution < 1.29 is 29.0 Å². The topological polar surface area (TPSA) is 220 Å². The fourth-order valence-electron chi connectivity index (χ4n) is 6.17. The summed E-state index contributed by atoms with van der Waals surface area (Å²) < 4.78 is 10.6. The third-order valence-corrected chi connectivity index (χ3v) is 9.20. The van der Waals surface area contributed by atoms with Crippen LogP contribution in [0, 0.1) is 0 Å². The number of benzene rings is 4. The number of nitrogens with two attached hydrogens (primary N) is 2. The van der Waals surface area contributed by atoms with E-state index < -0.39 is 35.4 Å². The maximum Gasteiger partial charge on any atom is 0.408 e. The standard InChI is InChI=1S/C25H26N4O2.C20H23NO4.C5H7N3/c1-25(2,3)31-24(30)29-21(23-27-20-13-14-26-16-22(20)28-23)15-17-9-11-19(12-10-17)18-7-5-4-6-8-18;1-20(2,3)25-19(24)21-17(18(22)23)13-14-9-11-16(12-10-14)15-7-5-4-6-8-15;6-4-1-2-8-3-5(4)7/h4-14,16,21H,15H2,1-3H3,(H,27,28)(H,29,30);4-12,17H,13H2,1-3H3,(H,21,24)(H,22,23);1-3H,7H2,(H2,6,8)/t21-;17-;/m00./s1. The van der Waals surface area contributed by atoms with E-state index in [1.807, 2.05) is 99.6 Å². The highest BCUT2D eigenvalue weighted by molar-refractivity contribution is 5.80. The average molecular weight is 865 g/mol. The number of carbonyl (C=O) groups excluding carboxylic acids is 2. The van der Waals surface area contributed by atoms with Crippen LogP contribution in [0.5, 0.6) is 0 Å². The van der Waals surface area contributed by atoms with E-state index in [0.29, 0.717) is 23.6 Å². The number of amides is 2. The molecule has 8 N–H and O–H groups in total. The SMILES string of the molecule is CC(C)(C)OC(=O)N[C@@H](Cc1ccc(-c2ccccc2)cc1)C(=O)O.CC(C)(C)OC(=O)N[C@@H](Cc1ccc(-c2ccccc2)cc1)c1nc2ccncc2[nH]1.Nc1ccncc1N. The van der Waals surface area contributed by atoms with Gasteiger partial charge in [-0.3, -0.25) is 9.97 Å². The van der Waals surface area contributed by atoms with Gasteiger partial charge < -0.3 is 41.7 Å². The van der Waals surface area contributed by atoms with E-state index in [2.05, 4.69) is 67.0 Å². The van der Waals surface area contributed by atoms with Gasteiger partial charge in [0.2, 0.25) is 0 Å². The monoisotopic (exact) mass is 864 g/mol. The minimum atomic E-state index is -1.10. The van der Waals surface area contributed by atoms with E-state index >= 15 is 0 Å². The number of nitrogens with one attached hydrogen (secondary N) is 3. The number of alkyl carbamates (subject to hydrolysis) is 2. The van der Waals surface area contributed by atoms with Crippen LogP contribution in [0.15, 0.2) is 146 Å². The minimum absolute atomic E-state index is 0.184. The number of hydrogen-bond acceptors (Lipinski definition) is 10. The summed E-state index contributed by atoms with van der Waals surface area (Å²) in [7, 11) is 0. The van der Waals surface area contributed by atoms with Gasteiger partial charge in [0.05, 0.1) is 40.8 Å². The second-order valence-electron chi connectivity index (χ2n) is 16.8. The second kappa shape index (κ2) is 21.9. The summed E-state index contributed by atoms with van der Waals surface area (Å²) in [6.07, 6.45) is 6.10. The van der Waals surface area contributed by atoms with Gasteiger partial charge in [-0.15, -0.1) is 0 Å². The van der Waals surface area contributed by atoms with Gasteiger partial charge in [-0.2, -0.15) is 0 Å². The van der Waals surface area contributed by atoms with E-state index in [4.69, 9.17) is 20.9 Å². The first kappa shape index (κ1) is 47.3. The largest absolute Gasteiger partial charge is 0.480 e. The number of nitrogen functional groups attached to an aromatic ring is 2. The van der Waals surface area contributed by atoms with Crippen LogP contribution in [0.4, 0.5) is 21.0 Å². The summed E-state index contributed by atoms with van der Waals surface area (Å²) in [5.74, 6) is -0.431. The molecule has 0 saturated heterocycles. The summed E-state index contributed by atoms with van der Waals surface area (Å²) in [4.78, 5) is 51.5. The number of aromatic nitrogens is 4. The van der Waals surface area contributed by atoms with Gasteiger partial charge in [-0.05, 0) is 87.1 Å². The number of anilines is 2. The highest BCUT2D eigenvalue weighted by Gasteiger charge is 2.25. The van der Waals surface area contributed by atoms with Gasteiger partial charge in [0.15, 0.2) is 0 Å². The summed E-state index contributed by atoms with van der Waals surface area (Å²) in [5.41, 5.74) is 18.6. The Labute approximate surface area is 373 Å². The summed E-state index contributed by atoms with van der Waals surface area (Å²) in [6.45, 7) is 10.7. The number of carboxylic acid groups (broad SMARTS) is 1. The molecule has 7 aromatic rings. The number of rotatable bonds is 10. The van der Waals surface area contributed by atoms with Crippen molar-refractivity contribution in [1.29, 1.82) is 0 Å². The van der Waals surface area contributed by atoms with Crippen LogP contribution in [0.3, 0.4) is 0 Å². The molecule has 332 valence electrons.